The molecule has 1 aliphatic rings. The van der Waals surface area contributed by atoms with Crippen LogP contribution >= 0.6 is 0 Å². The Labute approximate surface area is 118 Å². The maximum absolute atomic E-state index is 12.4. The van der Waals surface area contributed by atoms with Crippen LogP contribution in [0.1, 0.15) is 17.2 Å². The summed E-state index contributed by atoms with van der Waals surface area (Å²) in [6.07, 6.45) is -5.68. The first-order valence-electron chi connectivity index (χ1n) is 6.11. The molecule has 0 aromatic heterocycles. The number of likely N-dealkylation sites (N-methyl/N-ethyl adjacent to an activating group) is 1. The number of β-amino-alcohol motifs (C(OH)–C–C–N with tert-alkyl or cyclic N) is 1. The summed E-state index contributed by atoms with van der Waals surface area (Å²) >= 11 is 0. The number of rotatable bonds is 3. The second kappa shape index (κ2) is 5.36. The largest absolute Gasteiger partial charge is 0.416 e. The summed E-state index contributed by atoms with van der Waals surface area (Å²) in [5.41, 5.74) is -0.621. The minimum Gasteiger partial charge on any atom is -0.387 e. The summed E-state index contributed by atoms with van der Waals surface area (Å²) in [7, 11) is 1.45. The molecule has 1 aromatic carbocycles. The van der Waals surface area contributed by atoms with E-state index in [1.807, 2.05) is 0 Å². The van der Waals surface area contributed by atoms with E-state index >= 15 is 0 Å². The fraction of sp³-hybridized carbons (Fsp3) is 0.385. The van der Waals surface area contributed by atoms with Crippen LogP contribution < -0.4 is 0 Å². The van der Waals surface area contributed by atoms with E-state index in [9.17, 15) is 27.9 Å². The lowest BCUT2D eigenvalue weighted by atomic mass is 10.1. The number of carbonyl (C=O) groups excluding carboxylic acids is 2. The summed E-state index contributed by atoms with van der Waals surface area (Å²) < 4.78 is 37.3. The van der Waals surface area contributed by atoms with Crippen molar-refractivity contribution in [3.8, 4) is 0 Å². The number of aliphatic hydroxyl groups is 1. The van der Waals surface area contributed by atoms with Gasteiger partial charge in [0.15, 0.2) is 0 Å². The lowest BCUT2D eigenvalue weighted by molar-refractivity contribution is -0.137. The molecular weight excluding hydrogens is 289 g/mol. The van der Waals surface area contributed by atoms with E-state index in [0.717, 1.165) is 29.2 Å². The molecule has 1 N–H and O–H groups in total. The summed E-state index contributed by atoms with van der Waals surface area (Å²) in [4.78, 5) is 25.3. The molecular formula is C13H13F3N2O3. The van der Waals surface area contributed by atoms with Gasteiger partial charge in [0, 0.05) is 7.05 Å². The first-order valence-corrected chi connectivity index (χ1v) is 6.11. The van der Waals surface area contributed by atoms with Crippen LogP contribution in [0.15, 0.2) is 24.3 Å². The van der Waals surface area contributed by atoms with E-state index < -0.39 is 29.8 Å². The third-order valence-corrected chi connectivity index (χ3v) is 3.21. The van der Waals surface area contributed by atoms with Gasteiger partial charge >= 0.3 is 12.2 Å². The molecule has 0 saturated carbocycles. The Bertz CT molecular complexity index is 557. The van der Waals surface area contributed by atoms with Gasteiger partial charge in [-0.15, -0.1) is 0 Å². The number of benzene rings is 1. The second-order valence-electron chi connectivity index (χ2n) is 4.78. The van der Waals surface area contributed by atoms with Crippen molar-refractivity contribution in [1.29, 1.82) is 0 Å². The van der Waals surface area contributed by atoms with Crippen molar-refractivity contribution in [1.82, 2.24) is 9.80 Å². The molecule has 1 heterocycles. The van der Waals surface area contributed by atoms with Gasteiger partial charge in [-0.1, -0.05) is 12.1 Å². The number of halogens is 3. The average molecular weight is 302 g/mol. The molecule has 0 spiro atoms. The van der Waals surface area contributed by atoms with Gasteiger partial charge in [0.1, 0.15) is 6.54 Å². The number of alkyl halides is 3. The van der Waals surface area contributed by atoms with Gasteiger partial charge in [0.2, 0.25) is 5.91 Å². The maximum atomic E-state index is 12.4. The molecule has 21 heavy (non-hydrogen) atoms. The Hall–Kier alpha value is -2.09. The highest BCUT2D eigenvalue weighted by Gasteiger charge is 2.35. The highest BCUT2D eigenvalue weighted by Crippen LogP contribution is 2.30. The third-order valence-electron chi connectivity index (χ3n) is 3.21. The van der Waals surface area contributed by atoms with Crippen LogP contribution in [0.3, 0.4) is 0 Å². The summed E-state index contributed by atoms with van der Waals surface area (Å²) in [5.74, 6) is -0.450. The standard InChI is InChI=1S/C13H13F3N2O3/c1-17-7-11(20)18(12(17)21)6-10(19)8-2-4-9(5-3-8)13(14,15)16/h2-5,10,19H,6-7H2,1H3/t10-/m1/s1. The summed E-state index contributed by atoms with van der Waals surface area (Å²) in [6, 6.07) is 3.41. The molecule has 1 saturated heterocycles. The zero-order chi connectivity index (χ0) is 15.8. The third kappa shape index (κ3) is 3.15. The van der Waals surface area contributed by atoms with Crippen LogP contribution in [-0.2, 0) is 11.0 Å². The maximum Gasteiger partial charge on any atom is 0.416 e. The van der Waals surface area contributed by atoms with Gasteiger partial charge in [0.25, 0.3) is 0 Å². The number of hydrogen-bond acceptors (Lipinski definition) is 3. The van der Waals surface area contributed by atoms with Crippen molar-refractivity contribution in [2.45, 2.75) is 12.3 Å². The van der Waals surface area contributed by atoms with Crippen molar-refractivity contribution >= 4 is 11.9 Å². The average Bonchev–Trinajstić information content (AvgIpc) is 2.64. The predicted molar refractivity (Wildman–Crippen MR) is 66.1 cm³/mol. The zero-order valence-corrected chi connectivity index (χ0v) is 11.1. The Kier molecular flexibility index (Phi) is 3.91. The SMILES string of the molecule is CN1CC(=O)N(C[C@@H](O)c2ccc(C(F)(F)F)cc2)C1=O. The van der Waals surface area contributed by atoms with E-state index in [4.69, 9.17) is 0 Å². The van der Waals surface area contributed by atoms with Crippen LogP contribution in [-0.4, -0.2) is 47.0 Å². The monoisotopic (exact) mass is 302 g/mol. The molecule has 114 valence electrons. The van der Waals surface area contributed by atoms with Gasteiger partial charge in [-0.25, -0.2) is 4.79 Å². The molecule has 0 bridgehead atoms. The van der Waals surface area contributed by atoms with E-state index in [-0.39, 0.29) is 18.7 Å². The van der Waals surface area contributed by atoms with Gasteiger partial charge in [-0.3, -0.25) is 9.69 Å². The lowest BCUT2D eigenvalue weighted by Crippen LogP contribution is -2.35. The molecule has 1 fully saturated rings. The van der Waals surface area contributed by atoms with Crippen LogP contribution in [0.25, 0.3) is 0 Å². The first kappa shape index (κ1) is 15.3. The van der Waals surface area contributed by atoms with Crippen molar-refractivity contribution in [3.63, 3.8) is 0 Å². The van der Waals surface area contributed by atoms with Crippen LogP contribution in [0, 0.1) is 0 Å². The van der Waals surface area contributed by atoms with Crippen molar-refractivity contribution in [2.75, 3.05) is 20.1 Å². The van der Waals surface area contributed by atoms with E-state index in [0.29, 0.717) is 0 Å². The molecule has 0 aliphatic carbocycles. The molecule has 3 amide bonds. The molecule has 0 radical (unpaired) electrons. The molecule has 1 aliphatic heterocycles. The molecule has 0 unspecified atom stereocenters. The number of amides is 3. The normalized spacial score (nSPS) is 17.6. The van der Waals surface area contributed by atoms with Gasteiger partial charge < -0.3 is 10.0 Å². The van der Waals surface area contributed by atoms with Gasteiger partial charge in [-0.2, -0.15) is 13.2 Å². The fourth-order valence-corrected chi connectivity index (χ4v) is 2.02. The highest BCUT2D eigenvalue weighted by molar-refractivity contribution is 6.01. The van der Waals surface area contributed by atoms with E-state index in [1.54, 1.807) is 0 Å². The fourth-order valence-electron chi connectivity index (χ4n) is 2.02. The Morgan fingerprint density at radius 3 is 2.24 bits per heavy atom. The first-order chi connectivity index (χ1) is 9.70. The number of carbonyl (C=O) groups is 2. The molecule has 5 nitrogen and oxygen atoms in total. The minimum absolute atomic E-state index is 0.0709. The lowest BCUT2D eigenvalue weighted by Gasteiger charge is -2.19. The predicted octanol–water partition coefficient (Wildman–Crippen LogP) is 1.63. The van der Waals surface area contributed by atoms with Crippen molar-refractivity contribution in [2.24, 2.45) is 0 Å². The van der Waals surface area contributed by atoms with E-state index in [1.165, 1.54) is 11.9 Å². The van der Waals surface area contributed by atoms with Crippen LogP contribution in [0.5, 0.6) is 0 Å². The van der Waals surface area contributed by atoms with Crippen molar-refractivity contribution in [3.05, 3.63) is 35.4 Å². The highest BCUT2D eigenvalue weighted by atomic mass is 19.4. The number of urea groups is 1. The van der Waals surface area contributed by atoms with Crippen molar-refractivity contribution < 1.29 is 27.9 Å². The molecule has 8 heteroatoms. The number of imide groups is 1. The number of aliphatic hydroxyl groups excluding tert-OH is 1. The molecule has 1 atom stereocenters. The molecule has 1 aromatic rings. The Morgan fingerprint density at radius 2 is 1.81 bits per heavy atom. The molecule has 2 rings (SSSR count). The topological polar surface area (TPSA) is 60.9 Å². The second-order valence-corrected chi connectivity index (χ2v) is 4.78. The summed E-state index contributed by atoms with van der Waals surface area (Å²) in [6.45, 7) is -0.355. The van der Waals surface area contributed by atoms with E-state index in [2.05, 4.69) is 0 Å². The van der Waals surface area contributed by atoms with Crippen LogP contribution in [0.4, 0.5) is 18.0 Å². The number of hydrogen-bond donors (Lipinski definition) is 1. The number of nitrogens with zero attached hydrogens (tertiary/aromatic N) is 2. The van der Waals surface area contributed by atoms with Gasteiger partial charge in [0.05, 0.1) is 18.2 Å². The van der Waals surface area contributed by atoms with Crippen LogP contribution in [0.2, 0.25) is 0 Å². The quantitative estimate of drug-likeness (QED) is 0.863. The minimum atomic E-state index is -4.45. The summed E-state index contributed by atoms with van der Waals surface area (Å²) in [5, 5.41) is 9.95. The smallest absolute Gasteiger partial charge is 0.387 e. The van der Waals surface area contributed by atoms with Gasteiger partial charge in [-0.05, 0) is 17.7 Å². The Morgan fingerprint density at radius 1 is 1.24 bits per heavy atom. The Balaban J connectivity index is 2.09. The zero-order valence-electron chi connectivity index (χ0n) is 11.1.